The number of hydrogen-bond donors (Lipinski definition) is 4. The number of halogens is 6. The number of carbonyl (C=O) groups excluding carboxylic acids is 3. The van der Waals surface area contributed by atoms with E-state index in [4.69, 9.17) is 19.8 Å². The lowest BCUT2D eigenvalue weighted by molar-refractivity contribution is -0.193. The Morgan fingerprint density at radius 3 is 1.93 bits per heavy atom. The summed E-state index contributed by atoms with van der Waals surface area (Å²) in [5.74, 6) is -5.42. The molecule has 0 saturated carbocycles. The molecule has 4 N–H and O–H groups in total. The first kappa shape index (κ1) is 35.5. The summed E-state index contributed by atoms with van der Waals surface area (Å²) in [6, 6.07) is 5.49. The molecule has 12 nitrogen and oxygen atoms in total. The van der Waals surface area contributed by atoms with Crippen LogP contribution >= 0.6 is 0 Å². The molecule has 0 aliphatic carbocycles. The largest absolute Gasteiger partial charge is 0.490 e. The van der Waals surface area contributed by atoms with E-state index in [1.165, 1.54) is 19.4 Å². The predicted octanol–water partition coefficient (Wildman–Crippen LogP) is 1.84. The highest BCUT2D eigenvalue weighted by molar-refractivity contribution is 6.05. The Balaban J connectivity index is 0.000000331. The summed E-state index contributed by atoms with van der Waals surface area (Å²) >= 11 is 0. The van der Waals surface area contributed by atoms with E-state index < -0.39 is 30.3 Å². The van der Waals surface area contributed by atoms with Gasteiger partial charge in [-0.05, 0) is 62.0 Å². The number of aliphatic carboxylic acids is 2. The minimum Gasteiger partial charge on any atom is -0.475 e. The number of piperazine rings is 1. The van der Waals surface area contributed by atoms with Crippen LogP contribution in [0.2, 0.25) is 0 Å². The number of benzene rings is 1. The van der Waals surface area contributed by atoms with Crippen molar-refractivity contribution in [1.82, 2.24) is 20.4 Å². The average Bonchev–Trinajstić information content (AvgIpc) is 3.29. The molecule has 4 heterocycles. The Morgan fingerprint density at radius 1 is 0.867 bits per heavy atom. The molecule has 1 aromatic rings. The molecule has 250 valence electrons. The number of piperidine rings is 2. The van der Waals surface area contributed by atoms with E-state index in [0.717, 1.165) is 56.4 Å². The first-order valence-corrected chi connectivity index (χ1v) is 14.0. The van der Waals surface area contributed by atoms with Crippen LogP contribution < -0.4 is 15.5 Å². The van der Waals surface area contributed by atoms with Gasteiger partial charge >= 0.3 is 24.3 Å². The summed E-state index contributed by atoms with van der Waals surface area (Å²) in [6.07, 6.45) is -6.93. The summed E-state index contributed by atoms with van der Waals surface area (Å²) in [6.45, 7) is 8.07. The van der Waals surface area contributed by atoms with Crippen molar-refractivity contribution in [2.45, 2.75) is 50.6 Å². The fourth-order valence-electron chi connectivity index (χ4n) is 5.38. The number of nitrogens with one attached hydrogen (secondary N) is 2. The number of rotatable bonds is 4. The van der Waals surface area contributed by atoms with Gasteiger partial charge < -0.3 is 25.3 Å². The molecular weight excluding hydrogens is 620 g/mol. The second kappa shape index (κ2) is 14.9. The first-order valence-electron chi connectivity index (χ1n) is 14.0. The Morgan fingerprint density at radius 2 is 1.42 bits per heavy atom. The number of carboxylic acids is 2. The summed E-state index contributed by atoms with van der Waals surface area (Å²) in [4.78, 5) is 61.0. The molecule has 45 heavy (non-hydrogen) atoms. The van der Waals surface area contributed by atoms with Gasteiger partial charge in [0.2, 0.25) is 11.8 Å². The van der Waals surface area contributed by atoms with Crippen molar-refractivity contribution < 1.29 is 60.5 Å². The molecule has 18 heteroatoms. The van der Waals surface area contributed by atoms with Gasteiger partial charge in [0.1, 0.15) is 6.04 Å². The second-order valence-corrected chi connectivity index (χ2v) is 10.8. The van der Waals surface area contributed by atoms with Crippen LogP contribution in [0.4, 0.5) is 32.0 Å². The molecule has 0 bridgehead atoms. The summed E-state index contributed by atoms with van der Waals surface area (Å²) in [7, 11) is 0. The normalized spacial score (nSPS) is 21.2. The van der Waals surface area contributed by atoms with Crippen molar-refractivity contribution in [2.75, 3.05) is 50.7 Å². The number of imide groups is 1. The maximum Gasteiger partial charge on any atom is 0.490 e. The predicted molar refractivity (Wildman–Crippen MR) is 144 cm³/mol. The molecule has 3 fully saturated rings. The summed E-state index contributed by atoms with van der Waals surface area (Å²) in [5, 5.41) is 20.1. The third-order valence-corrected chi connectivity index (χ3v) is 7.70. The maximum atomic E-state index is 12.9. The van der Waals surface area contributed by atoms with Gasteiger partial charge in [0, 0.05) is 56.9 Å². The quantitative estimate of drug-likeness (QED) is 0.279. The molecular formula is C27H33F6N5O7. The lowest BCUT2D eigenvalue weighted by Crippen LogP contribution is -2.52. The minimum atomic E-state index is -5.08. The molecule has 0 radical (unpaired) electrons. The summed E-state index contributed by atoms with van der Waals surface area (Å²) < 4.78 is 63.5. The molecule has 4 aliphatic heterocycles. The van der Waals surface area contributed by atoms with Crippen LogP contribution in [-0.4, -0.2) is 114 Å². The van der Waals surface area contributed by atoms with Crippen LogP contribution in [-0.2, 0) is 25.7 Å². The molecule has 0 spiro atoms. The third kappa shape index (κ3) is 10.0. The number of amides is 3. The van der Waals surface area contributed by atoms with Gasteiger partial charge in [0.25, 0.3) is 5.91 Å². The fraction of sp³-hybridized carbons (Fsp3) is 0.593. The van der Waals surface area contributed by atoms with Crippen LogP contribution in [0.15, 0.2) is 18.2 Å². The van der Waals surface area contributed by atoms with Gasteiger partial charge in [-0.3, -0.25) is 24.6 Å². The van der Waals surface area contributed by atoms with E-state index in [-0.39, 0.29) is 24.1 Å². The monoisotopic (exact) mass is 653 g/mol. The highest BCUT2D eigenvalue weighted by Crippen LogP contribution is 2.31. The molecule has 4 aliphatic rings. The smallest absolute Gasteiger partial charge is 0.475 e. The van der Waals surface area contributed by atoms with Gasteiger partial charge in [-0.15, -0.1) is 0 Å². The Kier molecular flexibility index (Phi) is 11.8. The number of carboxylic acid groups (broad SMARTS) is 2. The van der Waals surface area contributed by atoms with Crippen molar-refractivity contribution in [3.8, 4) is 0 Å². The van der Waals surface area contributed by atoms with Crippen LogP contribution in [0.1, 0.15) is 41.6 Å². The standard InChI is InChI=1S/C23H31N5O3.2C2HF3O2/c29-21-4-3-20(22(30)25-21)28-15-17-13-18(1-2-19(17)23(28)31)27-11-9-26(10-12-27)14-16-5-7-24-8-6-16;2*3-2(4,5)1(6)7/h1-2,13,16,20,24H,3-12,14-15H2,(H,25,29,30);2*(H,6,7). The van der Waals surface area contributed by atoms with E-state index in [1.807, 2.05) is 12.1 Å². The van der Waals surface area contributed by atoms with Crippen molar-refractivity contribution in [2.24, 2.45) is 5.92 Å². The molecule has 0 aromatic heterocycles. The van der Waals surface area contributed by atoms with E-state index in [9.17, 15) is 40.7 Å². The number of anilines is 1. The Hall–Kier alpha value is -3.93. The van der Waals surface area contributed by atoms with Crippen LogP contribution in [0.3, 0.4) is 0 Å². The van der Waals surface area contributed by atoms with Gasteiger partial charge in [-0.1, -0.05) is 0 Å². The zero-order valence-electron chi connectivity index (χ0n) is 23.9. The Bertz CT molecular complexity index is 1240. The van der Waals surface area contributed by atoms with Crippen molar-refractivity contribution in [3.05, 3.63) is 29.3 Å². The van der Waals surface area contributed by atoms with E-state index in [2.05, 4.69) is 26.5 Å². The zero-order valence-corrected chi connectivity index (χ0v) is 23.9. The fourth-order valence-corrected chi connectivity index (χ4v) is 5.38. The third-order valence-electron chi connectivity index (χ3n) is 7.70. The average molecular weight is 654 g/mol. The molecule has 1 unspecified atom stereocenters. The summed E-state index contributed by atoms with van der Waals surface area (Å²) in [5.41, 5.74) is 2.81. The van der Waals surface area contributed by atoms with Gasteiger partial charge in [0.05, 0.1) is 0 Å². The van der Waals surface area contributed by atoms with Crippen LogP contribution in [0, 0.1) is 5.92 Å². The maximum absolute atomic E-state index is 12.9. The SMILES string of the molecule is O=C(O)C(F)(F)F.O=C(O)C(F)(F)F.O=C1CCC(N2Cc3cc(N4CCN(CC5CCNCC5)CC4)ccc3C2=O)C(=O)N1. The van der Waals surface area contributed by atoms with Crippen molar-refractivity contribution >= 4 is 35.3 Å². The minimum absolute atomic E-state index is 0.108. The van der Waals surface area contributed by atoms with Gasteiger partial charge in [-0.2, -0.15) is 26.3 Å². The number of fused-ring (bicyclic) bond motifs is 1. The number of alkyl halides is 6. The van der Waals surface area contributed by atoms with Crippen molar-refractivity contribution in [3.63, 3.8) is 0 Å². The molecule has 3 saturated heterocycles. The van der Waals surface area contributed by atoms with E-state index in [1.54, 1.807) is 4.90 Å². The number of carbonyl (C=O) groups is 5. The Labute approximate surface area is 253 Å². The molecule has 1 aromatic carbocycles. The lowest BCUT2D eigenvalue weighted by atomic mass is 9.97. The number of nitrogens with zero attached hydrogens (tertiary/aromatic N) is 3. The van der Waals surface area contributed by atoms with Crippen LogP contribution in [0.5, 0.6) is 0 Å². The zero-order chi connectivity index (χ0) is 33.5. The first-order chi connectivity index (χ1) is 21.0. The second-order valence-electron chi connectivity index (χ2n) is 10.8. The van der Waals surface area contributed by atoms with Crippen LogP contribution in [0.25, 0.3) is 0 Å². The van der Waals surface area contributed by atoms with Crippen molar-refractivity contribution in [1.29, 1.82) is 0 Å². The van der Waals surface area contributed by atoms with Gasteiger partial charge in [0.15, 0.2) is 0 Å². The molecule has 3 amide bonds. The van der Waals surface area contributed by atoms with E-state index in [0.29, 0.717) is 18.5 Å². The number of hydrogen-bond acceptors (Lipinski definition) is 8. The topological polar surface area (TPSA) is 160 Å². The van der Waals surface area contributed by atoms with Gasteiger partial charge in [-0.25, -0.2) is 9.59 Å². The molecule has 5 rings (SSSR count). The molecule has 1 atom stereocenters. The highest BCUT2D eigenvalue weighted by Gasteiger charge is 2.40. The lowest BCUT2D eigenvalue weighted by Gasteiger charge is -2.38. The highest BCUT2D eigenvalue weighted by atomic mass is 19.4. The van der Waals surface area contributed by atoms with E-state index >= 15 is 0 Å².